The third-order valence-corrected chi connectivity index (χ3v) is 10.5. The molecule has 5 aromatic heterocycles. The number of aromatic nitrogens is 8. The third-order valence-electron chi connectivity index (χ3n) is 10.5. The summed E-state index contributed by atoms with van der Waals surface area (Å²) in [5.41, 5.74) is 7.24. The van der Waals surface area contributed by atoms with Gasteiger partial charge >= 0.3 is 6.18 Å². The van der Waals surface area contributed by atoms with Gasteiger partial charge in [0.2, 0.25) is 29.5 Å². The fourth-order valence-corrected chi connectivity index (χ4v) is 6.95. The van der Waals surface area contributed by atoms with Crippen molar-refractivity contribution in [3.63, 3.8) is 0 Å². The fraction of sp³-hybridized carbons (Fsp3) is 0.432. The summed E-state index contributed by atoms with van der Waals surface area (Å²) in [5, 5.41) is 21.1. The number of rotatable bonds is 29. The molecule has 0 saturated heterocycles. The number of amides is 8. The van der Waals surface area contributed by atoms with Crippen LogP contribution in [-0.4, -0.2) is 150 Å². The first-order chi connectivity index (χ1) is 34.8. The maximum absolute atomic E-state index is 12.8. The van der Waals surface area contributed by atoms with E-state index in [4.69, 9.17) is 5.73 Å². The van der Waals surface area contributed by atoms with Crippen molar-refractivity contribution in [3.8, 4) is 0 Å². The molecule has 0 spiro atoms. The van der Waals surface area contributed by atoms with Crippen LogP contribution in [-0.2, 0) is 57.5 Å². The van der Waals surface area contributed by atoms with Gasteiger partial charge in [-0.1, -0.05) is 0 Å². The molecule has 0 saturated carbocycles. The summed E-state index contributed by atoms with van der Waals surface area (Å²) in [6.45, 7) is -0.149. The van der Waals surface area contributed by atoms with Crippen LogP contribution in [0.2, 0.25) is 0 Å². The summed E-state index contributed by atoms with van der Waals surface area (Å²) in [5.74, 6) is -2.80. The number of aromatic amines is 3. The zero-order chi connectivity index (χ0) is 52.9. The van der Waals surface area contributed by atoms with Gasteiger partial charge in [0.1, 0.15) is 23.2 Å². The van der Waals surface area contributed by atoms with E-state index in [1.54, 1.807) is 43.3 Å². The lowest BCUT2D eigenvalue weighted by Gasteiger charge is -2.23. The summed E-state index contributed by atoms with van der Waals surface area (Å²) in [6, 6.07) is 3.18. The van der Waals surface area contributed by atoms with Crippen LogP contribution in [0, 0.1) is 0 Å². The van der Waals surface area contributed by atoms with Gasteiger partial charge in [-0.25, -0.2) is 15.0 Å². The molecule has 0 radical (unpaired) electrons. The van der Waals surface area contributed by atoms with E-state index in [9.17, 15) is 51.5 Å². The van der Waals surface area contributed by atoms with Crippen molar-refractivity contribution in [2.24, 2.45) is 19.8 Å². The molecule has 394 valence electrons. The van der Waals surface area contributed by atoms with Crippen molar-refractivity contribution in [2.45, 2.75) is 57.7 Å². The Bertz CT molecular complexity index is 2680. The van der Waals surface area contributed by atoms with Crippen LogP contribution in [0.1, 0.15) is 80.9 Å². The molecule has 0 aromatic carbocycles. The van der Waals surface area contributed by atoms with E-state index >= 15 is 0 Å². The molecule has 8 amide bonds. The summed E-state index contributed by atoms with van der Waals surface area (Å²) in [7, 11) is 3.32. The predicted molar refractivity (Wildman–Crippen MR) is 256 cm³/mol. The number of anilines is 3. The molecule has 0 bridgehead atoms. The fourth-order valence-electron chi connectivity index (χ4n) is 6.95. The number of alkyl halides is 3. The number of carbonyl (C=O) groups excluding carboxylic acids is 8. The van der Waals surface area contributed by atoms with Crippen molar-refractivity contribution < 1.29 is 51.5 Å². The Morgan fingerprint density at radius 3 is 2.01 bits per heavy atom. The van der Waals surface area contributed by atoms with E-state index in [0.717, 1.165) is 0 Å². The molecule has 73 heavy (non-hydrogen) atoms. The minimum absolute atomic E-state index is 0.00864. The highest BCUT2D eigenvalue weighted by Gasteiger charge is 2.30. The Labute approximate surface area is 415 Å². The first kappa shape index (κ1) is 55.6. The van der Waals surface area contributed by atoms with Crippen molar-refractivity contribution in [2.75, 3.05) is 68.3 Å². The van der Waals surface area contributed by atoms with Gasteiger partial charge in [-0.05, 0) is 43.6 Å². The second kappa shape index (κ2) is 27.3. The molecule has 29 heteroatoms. The molecular formula is C44H59F3N18O8. The average Bonchev–Trinajstić information content (AvgIpc) is 4.19. The molecule has 5 heterocycles. The van der Waals surface area contributed by atoms with E-state index in [1.807, 2.05) is 0 Å². The molecule has 5 aromatic rings. The van der Waals surface area contributed by atoms with Gasteiger partial charge in [-0.3, -0.25) is 43.3 Å². The number of nitrogens with one attached hydrogen (secondary N) is 11. The smallest absolute Gasteiger partial charge is 0.364 e. The number of nitrogens with zero attached hydrogens (tertiary/aromatic N) is 6. The molecule has 0 aliphatic carbocycles. The molecule has 0 unspecified atom stereocenters. The van der Waals surface area contributed by atoms with Crippen LogP contribution in [0.5, 0.6) is 0 Å². The first-order valence-electron chi connectivity index (χ1n) is 23.0. The highest BCUT2D eigenvalue weighted by molar-refractivity contribution is 6.03. The van der Waals surface area contributed by atoms with Crippen molar-refractivity contribution in [1.29, 1.82) is 0 Å². The number of halogens is 3. The van der Waals surface area contributed by atoms with Crippen LogP contribution < -0.4 is 48.3 Å². The lowest BCUT2D eigenvalue weighted by Crippen LogP contribution is -2.38. The van der Waals surface area contributed by atoms with Crippen molar-refractivity contribution in [1.82, 2.24) is 70.5 Å². The minimum atomic E-state index is -4.33. The molecule has 5 rings (SSSR count). The van der Waals surface area contributed by atoms with Crippen LogP contribution in [0.15, 0.2) is 49.3 Å². The molecular weight excluding hydrogens is 966 g/mol. The second-order valence-corrected chi connectivity index (χ2v) is 16.5. The number of hydrogen-bond acceptors (Lipinski definition) is 13. The molecule has 26 nitrogen and oxygen atoms in total. The van der Waals surface area contributed by atoms with Crippen LogP contribution >= 0.6 is 0 Å². The summed E-state index contributed by atoms with van der Waals surface area (Å²) < 4.78 is 41.4. The second-order valence-electron chi connectivity index (χ2n) is 16.5. The number of imidazole rings is 3. The highest BCUT2D eigenvalue weighted by atomic mass is 19.4. The maximum Gasteiger partial charge on any atom is 0.401 e. The van der Waals surface area contributed by atoms with Gasteiger partial charge in [0, 0.05) is 103 Å². The molecule has 13 N–H and O–H groups in total. The van der Waals surface area contributed by atoms with Crippen molar-refractivity contribution >= 4 is 64.6 Å². The monoisotopic (exact) mass is 1020 g/mol. The summed E-state index contributed by atoms with van der Waals surface area (Å²) in [6.07, 6.45) is 4.88. The largest absolute Gasteiger partial charge is 0.401 e. The average molecular weight is 1030 g/mol. The highest BCUT2D eigenvalue weighted by Crippen LogP contribution is 2.17. The van der Waals surface area contributed by atoms with Gasteiger partial charge in [0.05, 0.1) is 37.5 Å². The van der Waals surface area contributed by atoms with Gasteiger partial charge in [0.15, 0.2) is 11.6 Å². The van der Waals surface area contributed by atoms with E-state index < -0.39 is 48.2 Å². The number of nitrogens with two attached hydrogens (primary N) is 1. The lowest BCUT2D eigenvalue weighted by atomic mass is 10.2. The summed E-state index contributed by atoms with van der Waals surface area (Å²) >= 11 is 0. The van der Waals surface area contributed by atoms with E-state index in [0.29, 0.717) is 29.8 Å². The predicted octanol–water partition coefficient (Wildman–Crippen LogP) is -0.0705. The Kier molecular flexibility index (Phi) is 20.8. The maximum atomic E-state index is 12.8. The van der Waals surface area contributed by atoms with E-state index in [1.165, 1.54) is 34.1 Å². The number of carbonyl (C=O) groups is 8. The summed E-state index contributed by atoms with van der Waals surface area (Å²) in [4.78, 5) is 122. The van der Waals surface area contributed by atoms with E-state index in [-0.39, 0.29) is 131 Å². The third kappa shape index (κ3) is 19.4. The Hall–Kier alpha value is -8.34. The van der Waals surface area contributed by atoms with Gasteiger partial charge < -0.3 is 72.4 Å². The van der Waals surface area contributed by atoms with Gasteiger partial charge in [0.25, 0.3) is 17.7 Å². The topological polar surface area (TPSA) is 358 Å². The first-order valence-corrected chi connectivity index (χ1v) is 23.0. The lowest BCUT2D eigenvalue weighted by molar-refractivity contribution is -0.146. The van der Waals surface area contributed by atoms with Crippen LogP contribution in [0.25, 0.3) is 0 Å². The number of aryl methyl sites for hydroxylation is 2. The molecule has 0 fully saturated rings. The van der Waals surface area contributed by atoms with E-state index in [2.05, 4.69) is 72.4 Å². The Morgan fingerprint density at radius 2 is 1.33 bits per heavy atom. The van der Waals surface area contributed by atoms with Crippen LogP contribution in [0.3, 0.4) is 0 Å². The number of hydrogen-bond donors (Lipinski definition) is 12. The van der Waals surface area contributed by atoms with Gasteiger partial charge in [-0.15, -0.1) is 0 Å². The normalized spacial score (nSPS) is 11.2. The Morgan fingerprint density at radius 1 is 0.685 bits per heavy atom. The zero-order valence-corrected chi connectivity index (χ0v) is 40.1. The molecule has 0 atom stereocenters. The zero-order valence-electron chi connectivity index (χ0n) is 40.1. The minimum Gasteiger partial charge on any atom is -0.364 e. The molecule has 0 aliphatic heterocycles. The van der Waals surface area contributed by atoms with Crippen LogP contribution in [0.4, 0.5) is 30.5 Å². The van der Waals surface area contributed by atoms with Crippen molar-refractivity contribution in [3.05, 3.63) is 83.7 Å². The number of H-pyrrole nitrogens is 3. The standard InChI is InChI=1S/C44H59F3N18O8/c1-63-16-13-52-40(63)43(73)58-29-18-30(64(2)25-29)41(71)53-12-7-36(68)61-33-24-56-39(62-33)42(72)57-22-27-17-28(54-21-27)19-37(69)50-11-6-35(67)60-32-23-55-31(59-32)20-38(70)51-10-5-34(66)49-9-4-15-65(14-3-8-48)26-44(45,46)47/h13,16-18,21,23-25,54H,3-12,14-15,19-20,22,26,48H2,1-2H3,(H,49,66)(H,50,69)(H,51,70)(H,53,71)(H,55,59)(H,56,62)(H,57,72)(H,58,73)(H,60,67)(H,61,68). The molecule has 0 aliphatic rings. The Balaban J connectivity index is 0.899. The quantitative estimate of drug-likeness (QED) is 0.0280. The SMILES string of the molecule is Cn1cc(NC(=O)c2nccn2C)cc1C(=O)NCCC(=O)Nc1cnc(C(=O)NCc2c[nH]c(CC(=O)NCCC(=O)Nc3cnc(CC(=O)NCCC(=O)NCCCN(CCCN)CC(F)(F)F)[nH]3)c2)[nH]1. The van der Waals surface area contributed by atoms with Gasteiger partial charge in [-0.2, -0.15) is 13.2 Å².